The number of nitrogens with zero attached hydrogens (tertiary/aromatic N) is 2. The summed E-state index contributed by atoms with van der Waals surface area (Å²) in [5.41, 5.74) is 15.6. The van der Waals surface area contributed by atoms with Crippen LogP contribution in [0.1, 0.15) is 61.7 Å². The third kappa shape index (κ3) is 3.58. The molecule has 0 bridgehead atoms. The maximum absolute atomic E-state index is 13.4. The van der Waals surface area contributed by atoms with Crippen molar-refractivity contribution in [3.05, 3.63) is 99.9 Å². The first-order valence-electron chi connectivity index (χ1n) is 12.5. The number of amides is 2. The van der Waals surface area contributed by atoms with Gasteiger partial charge in [0, 0.05) is 29.4 Å². The van der Waals surface area contributed by atoms with Crippen LogP contribution in [0.15, 0.2) is 60.8 Å². The zero-order chi connectivity index (χ0) is 26.7. The van der Waals surface area contributed by atoms with Crippen LogP contribution in [0.4, 0.5) is 5.69 Å². The van der Waals surface area contributed by atoms with Gasteiger partial charge in [-0.15, -0.1) is 0 Å². The van der Waals surface area contributed by atoms with Crippen molar-refractivity contribution in [3.8, 4) is 28.0 Å². The molecule has 0 radical (unpaired) electrons. The number of aliphatic hydroxyl groups is 1. The number of carbonyl (C=O) groups is 2. The van der Waals surface area contributed by atoms with Crippen molar-refractivity contribution in [3.63, 3.8) is 0 Å². The summed E-state index contributed by atoms with van der Waals surface area (Å²) in [7, 11) is 1.59. The number of pyridine rings is 1. The summed E-state index contributed by atoms with van der Waals surface area (Å²) in [5, 5.41) is 10.1. The molecule has 3 aromatic carbocycles. The van der Waals surface area contributed by atoms with E-state index in [0.29, 0.717) is 24.3 Å². The Balaban J connectivity index is 1.49. The molecule has 7 heteroatoms. The highest BCUT2D eigenvalue weighted by atomic mass is 16.5. The van der Waals surface area contributed by atoms with E-state index in [4.69, 9.17) is 10.5 Å². The number of hydrogen-bond donors (Lipinski definition) is 2. The Morgan fingerprint density at radius 3 is 2.61 bits per heavy atom. The van der Waals surface area contributed by atoms with Gasteiger partial charge in [-0.2, -0.15) is 0 Å². The van der Waals surface area contributed by atoms with Crippen LogP contribution in [0.3, 0.4) is 0 Å². The van der Waals surface area contributed by atoms with E-state index in [1.165, 1.54) is 0 Å². The second-order valence-electron chi connectivity index (χ2n) is 9.87. The number of fused-ring (bicyclic) bond motifs is 4. The van der Waals surface area contributed by atoms with Crippen molar-refractivity contribution in [1.82, 2.24) is 4.98 Å². The summed E-state index contributed by atoms with van der Waals surface area (Å²) in [6.45, 7) is 4.21. The van der Waals surface area contributed by atoms with Crippen molar-refractivity contribution >= 4 is 17.5 Å². The molecule has 2 aliphatic rings. The first-order valence-corrected chi connectivity index (χ1v) is 12.5. The molecular formula is C31H27N3O4. The Bertz CT molecular complexity index is 1660. The zero-order valence-electron chi connectivity index (χ0n) is 21.4. The number of anilines is 1. The smallest absolute Gasteiger partial charge is 0.267 e. The first kappa shape index (κ1) is 23.9. The number of carbonyl (C=O) groups excluding carboxylic acids is 2. The SMILES string of the molecule is COc1ccc2c(c1)C(=O)N(c1cccc(-c3cnc(C(N)=O)c4c3-c3ccc(C(C)O)cc3C4)c1C)C2. The molecule has 1 aliphatic heterocycles. The van der Waals surface area contributed by atoms with Crippen molar-refractivity contribution in [2.24, 2.45) is 5.73 Å². The van der Waals surface area contributed by atoms with E-state index >= 15 is 0 Å². The lowest BCUT2D eigenvalue weighted by Gasteiger charge is -2.22. The fourth-order valence-electron chi connectivity index (χ4n) is 5.71. The van der Waals surface area contributed by atoms with Crippen molar-refractivity contribution in [1.29, 1.82) is 0 Å². The number of aromatic nitrogens is 1. The molecule has 1 aromatic heterocycles. The van der Waals surface area contributed by atoms with Gasteiger partial charge in [-0.05, 0) is 76.6 Å². The van der Waals surface area contributed by atoms with Crippen LogP contribution in [0.2, 0.25) is 0 Å². The lowest BCUT2D eigenvalue weighted by atomic mass is 9.91. The predicted octanol–water partition coefficient (Wildman–Crippen LogP) is 4.95. The standard InChI is InChI=1S/C31H27N3O4/c1-16-22(5-4-6-27(16)34-15-19-7-9-21(38-3)13-24(19)31(34)37)26-14-33-29(30(32)36)25-12-20-11-18(17(2)35)8-10-23(20)28(25)26/h4-11,13-14,17,35H,12,15H2,1-3H3,(H2,32,36). The summed E-state index contributed by atoms with van der Waals surface area (Å²) in [4.78, 5) is 32.0. The topological polar surface area (TPSA) is 106 Å². The molecule has 6 rings (SSSR count). The van der Waals surface area contributed by atoms with Gasteiger partial charge in [-0.25, -0.2) is 0 Å². The Labute approximate surface area is 220 Å². The number of primary amides is 1. The van der Waals surface area contributed by atoms with E-state index in [0.717, 1.165) is 55.8 Å². The quantitative estimate of drug-likeness (QED) is 0.352. The van der Waals surface area contributed by atoms with Crippen LogP contribution >= 0.6 is 0 Å². The van der Waals surface area contributed by atoms with E-state index in [1.54, 1.807) is 31.2 Å². The lowest BCUT2D eigenvalue weighted by Crippen LogP contribution is -2.24. The van der Waals surface area contributed by atoms with Crippen molar-refractivity contribution in [2.45, 2.75) is 32.9 Å². The second-order valence-corrected chi connectivity index (χ2v) is 9.87. The van der Waals surface area contributed by atoms with E-state index in [1.807, 2.05) is 55.5 Å². The number of hydrogen-bond acceptors (Lipinski definition) is 5. The van der Waals surface area contributed by atoms with E-state index in [2.05, 4.69) is 4.98 Å². The highest BCUT2D eigenvalue weighted by Crippen LogP contribution is 2.46. The van der Waals surface area contributed by atoms with Crippen molar-refractivity contribution in [2.75, 3.05) is 12.0 Å². The predicted molar refractivity (Wildman–Crippen MR) is 145 cm³/mol. The number of aliphatic hydroxyl groups excluding tert-OH is 1. The molecule has 2 amide bonds. The Hall–Kier alpha value is -4.49. The molecule has 7 nitrogen and oxygen atoms in total. The van der Waals surface area contributed by atoms with Crippen LogP contribution in [-0.4, -0.2) is 29.0 Å². The molecule has 1 unspecified atom stereocenters. The van der Waals surface area contributed by atoms with Gasteiger partial charge in [-0.1, -0.05) is 36.4 Å². The maximum Gasteiger partial charge on any atom is 0.267 e. The molecule has 2 heterocycles. The summed E-state index contributed by atoms with van der Waals surface area (Å²) in [6.07, 6.45) is 1.61. The molecule has 0 spiro atoms. The van der Waals surface area contributed by atoms with Gasteiger partial charge in [0.05, 0.1) is 19.8 Å². The molecule has 38 heavy (non-hydrogen) atoms. The summed E-state index contributed by atoms with van der Waals surface area (Å²) in [6, 6.07) is 17.4. The van der Waals surface area contributed by atoms with Gasteiger partial charge in [0.1, 0.15) is 11.4 Å². The molecule has 190 valence electrons. The van der Waals surface area contributed by atoms with Gasteiger partial charge in [0.25, 0.3) is 11.8 Å². The number of methoxy groups -OCH3 is 1. The number of nitrogens with two attached hydrogens (primary N) is 1. The van der Waals surface area contributed by atoms with Gasteiger partial charge in [0.15, 0.2) is 0 Å². The summed E-state index contributed by atoms with van der Waals surface area (Å²) < 4.78 is 5.32. The van der Waals surface area contributed by atoms with Crippen LogP contribution in [0, 0.1) is 6.92 Å². The van der Waals surface area contributed by atoms with Gasteiger partial charge >= 0.3 is 0 Å². The van der Waals surface area contributed by atoms with Crippen LogP contribution < -0.4 is 15.4 Å². The molecular weight excluding hydrogens is 478 g/mol. The average molecular weight is 506 g/mol. The lowest BCUT2D eigenvalue weighted by molar-refractivity contribution is 0.0987. The van der Waals surface area contributed by atoms with Crippen molar-refractivity contribution < 1.29 is 19.4 Å². The van der Waals surface area contributed by atoms with Gasteiger partial charge < -0.3 is 20.5 Å². The number of ether oxygens (including phenoxy) is 1. The highest BCUT2D eigenvalue weighted by molar-refractivity contribution is 6.11. The normalized spacial score (nSPS) is 14.2. The molecule has 1 aliphatic carbocycles. The van der Waals surface area contributed by atoms with E-state index in [-0.39, 0.29) is 11.6 Å². The molecule has 3 N–H and O–H groups in total. The van der Waals surface area contributed by atoms with E-state index in [9.17, 15) is 14.7 Å². The van der Waals surface area contributed by atoms with Gasteiger partial charge in [-0.3, -0.25) is 14.6 Å². The molecule has 0 saturated carbocycles. The monoisotopic (exact) mass is 505 g/mol. The maximum atomic E-state index is 13.4. The van der Waals surface area contributed by atoms with Crippen LogP contribution in [0.25, 0.3) is 22.3 Å². The zero-order valence-corrected chi connectivity index (χ0v) is 21.4. The minimum Gasteiger partial charge on any atom is -0.497 e. The summed E-state index contributed by atoms with van der Waals surface area (Å²) in [5.74, 6) is 0.0123. The largest absolute Gasteiger partial charge is 0.497 e. The fourth-order valence-corrected chi connectivity index (χ4v) is 5.71. The molecule has 0 fully saturated rings. The Kier molecular flexibility index (Phi) is 5.54. The minimum absolute atomic E-state index is 0.0671. The summed E-state index contributed by atoms with van der Waals surface area (Å²) >= 11 is 0. The molecule has 0 saturated heterocycles. The Morgan fingerprint density at radius 2 is 1.87 bits per heavy atom. The van der Waals surface area contributed by atoms with E-state index < -0.39 is 12.0 Å². The molecule has 4 aromatic rings. The minimum atomic E-state index is -0.599. The Morgan fingerprint density at radius 1 is 1.05 bits per heavy atom. The third-order valence-electron chi connectivity index (χ3n) is 7.67. The fraction of sp³-hybridized carbons (Fsp3) is 0.194. The van der Waals surface area contributed by atoms with Crippen LogP contribution in [-0.2, 0) is 13.0 Å². The third-order valence-corrected chi connectivity index (χ3v) is 7.67. The first-order chi connectivity index (χ1) is 18.3. The average Bonchev–Trinajstić information content (AvgIpc) is 3.45. The highest BCUT2D eigenvalue weighted by Gasteiger charge is 2.32. The number of benzene rings is 3. The van der Waals surface area contributed by atoms with Crippen LogP contribution in [0.5, 0.6) is 5.75 Å². The van der Waals surface area contributed by atoms with Gasteiger partial charge in [0.2, 0.25) is 0 Å². The molecule has 1 atom stereocenters. The second kappa shape index (κ2) is 8.82. The number of rotatable bonds is 5.